The van der Waals surface area contributed by atoms with Gasteiger partial charge in [-0.1, -0.05) is 6.92 Å². The molecule has 0 aliphatic heterocycles. The van der Waals surface area contributed by atoms with Crippen molar-refractivity contribution in [2.75, 3.05) is 32.9 Å². The Kier molecular flexibility index (Phi) is 7.51. The molecule has 3 nitrogen and oxygen atoms in total. The second-order valence-electron chi connectivity index (χ2n) is 3.63. The van der Waals surface area contributed by atoms with Gasteiger partial charge < -0.3 is 10.6 Å². The van der Waals surface area contributed by atoms with Crippen molar-refractivity contribution in [3.8, 4) is 0 Å². The van der Waals surface area contributed by atoms with E-state index in [-0.39, 0.29) is 5.25 Å². The smallest absolute Gasteiger partial charge is 0.0331 e. The summed E-state index contributed by atoms with van der Waals surface area (Å²) in [4.78, 5) is 2.12. The Hall–Kier alpha value is 0.0700. The highest BCUT2D eigenvalue weighted by molar-refractivity contribution is 7.85. The first-order valence-electron chi connectivity index (χ1n) is 4.80. The Labute approximate surface area is 84.1 Å². The molecule has 2 atom stereocenters. The SMILES string of the molecule is CC(CCN)S(=O)CCCN(C)C. The highest BCUT2D eigenvalue weighted by Crippen LogP contribution is 2.02. The minimum absolute atomic E-state index is 0.257. The molecule has 80 valence electrons. The summed E-state index contributed by atoms with van der Waals surface area (Å²) < 4.78 is 11.6. The number of hydrogen-bond acceptors (Lipinski definition) is 3. The minimum Gasteiger partial charge on any atom is -0.330 e. The minimum atomic E-state index is -0.688. The van der Waals surface area contributed by atoms with E-state index in [2.05, 4.69) is 4.90 Å². The van der Waals surface area contributed by atoms with Crippen LogP contribution in [0, 0.1) is 0 Å². The van der Waals surface area contributed by atoms with Crippen molar-refractivity contribution in [3.05, 3.63) is 0 Å². The fourth-order valence-corrected chi connectivity index (χ4v) is 2.31. The van der Waals surface area contributed by atoms with Gasteiger partial charge in [0.05, 0.1) is 0 Å². The Balaban J connectivity index is 3.50. The van der Waals surface area contributed by atoms with Gasteiger partial charge in [-0.15, -0.1) is 0 Å². The molecule has 0 saturated carbocycles. The highest BCUT2D eigenvalue weighted by Gasteiger charge is 2.09. The van der Waals surface area contributed by atoms with E-state index in [1.165, 1.54) is 0 Å². The van der Waals surface area contributed by atoms with Crippen molar-refractivity contribution >= 4 is 10.8 Å². The van der Waals surface area contributed by atoms with Gasteiger partial charge in [0.2, 0.25) is 0 Å². The van der Waals surface area contributed by atoms with E-state index in [0.717, 1.165) is 25.1 Å². The standard InChI is InChI=1S/C9H22N2OS/c1-9(5-6-10)13(12)8-4-7-11(2)3/h9H,4-8,10H2,1-3H3. The van der Waals surface area contributed by atoms with E-state index in [1.807, 2.05) is 21.0 Å². The first-order chi connectivity index (χ1) is 6.07. The molecule has 0 rings (SSSR count). The summed E-state index contributed by atoms with van der Waals surface area (Å²) in [5, 5.41) is 0.257. The first kappa shape index (κ1) is 13.1. The molecule has 0 aliphatic carbocycles. The average molecular weight is 206 g/mol. The van der Waals surface area contributed by atoms with E-state index in [4.69, 9.17) is 5.73 Å². The lowest BCUT2D eigenvalue weighted by Gasteiger charge is -2.12. The molecule has 4 heteroatoms. The quantitative estimate of drug-likeness (QED) is 0.657. The van der Waals surface area contributed by atoms with E-state index < -0.39 is 10.8 Å². The molecular weight excluding hydrogens is 184 g/mol. The molecule has 0 aromatic rings. The molecule has 0 aromatic heterocycles. The molecule has 0 amide bonds. The van der Waals surface area contributed by atoms with Crippen LogP contribution in [0.5, 0.6) is 0 Å². The summed E-state index contributed by atoms with van der Waals surface area (Å²) >= 11 is 0. The fraction of sp³-hybridized carbons (Fsp3) is 1.00. The summed E-state index contributed by atoms with van der Waals surface area (Å²) in [6, 6.07) is 0. The maximum Gasteiger partial charge on any atom is 0.0331 e. The molecule has 0 saturated heterocycles. The second-order valence-corrected chi connectivity index (χ2v) is 5.60. The van der Waals surface area contributed by atoms with Crippen LogP contribution in [0.15, 0.2) is 0 Å². The number of nitrogens with zero attached hydrogens (tertiary/aromatic N) is 1. The zero-order chi connectivity index (χ0) is 10.3. The van der Waals surface area contributed by atoms with Crippen molar-refractivity contribution in [2.24, 2.45) is 5.73 Å². The van der Waals surface area contributed by atoms with Crippen LogP contribution >= 0.6 is 0 Å². The molecule has 0 fully saturated rings. The summed E-state index contributed by atoms with van der Waals surface area (Å²) in [5.74, 6) is 0.805. The monoisotopic (exact) mass is 206 g/mol. The number of rotatable bonds is 7. The van der Waals surface area contributed by atoms with Crippen LogP contribution in [0.1, 0.15) is 19.8 Å². The Morgan fingerprint density at radius 2 is 2.08 bits per heavy atom. The molecule has 0 bridgehead atoms. The van der Waals surface area contributed by atoms with Gasteiger partial charge in [0.15, 0.2) is 0 Å². The van der Waals surface area contributed by atoms with Crippen molar-refractivity contribution in [1.29, 1.82) is 0 Å². The van der Waals surface area contributed by atoms with Crippen molar-refractivity contribution in [3.63, 3.8) is 0 Å². The molecule has 0 aromatic carbocycles. The third kappa shape index (κ3) is 7.16. The number of nitrogens with two attached hydrogens (primary N) is 1. The van der Waals surface area contributed by atoms with Gasteiger partial charge in [-0.25, -0.2) is 0 Å². The molecule has 13 heavy (non-hydrogen) atoms. The molecule has 2 N–H and O–H groups in total. The Morgan fingerprint density at radius 3 is 2.54 bits per heavy atom. The summed E-state index contributed by atoms with van der Waals surface area (Å²) in [6.07, 6.45) is 1.88. The lowest BCUT2D eigenvalue weighted by Crippen LogP contribution is -2.21. The summed E-state index contributed by atoms with van der Waals surface area (Å²) in [6.45, 7) is 3.67. The zero-order valence-corrected chi connectivity index (χ0v) is 9.77. The predicted octanol–water partition coefficient (Wildman–Crippen LogP) is 0.424. The van der Waals surface area contributed by atoms with Crippen LogP contribution in [0.25, 0.3) is 0 Å². The van der Waals surface area contributed by atoms with Crippen molar-refractivity contribution in [1.82, 2.24) is 4.90 Å². The van der Waals surface area contributed by atoms with Crippen molar-refractivity contribution in [2.45, 2.75) is 25.0 Å². The molecule has 0 spiro atoms. The zero-order valence-electron chi connectivity index (χ0n) is 8.95. The Bertz CT molecular complexity index is 151. The van der Waals surface area contributed by atoms with Crippen LogP contribution in [-0.4, -0.2) is 47.3 Å². The van der Waals surface area contributed by atoms with Crippen LogP contribution in [-0.2, 0) is 10.8 Å². The lowest BCUT2D eigenvalue weighted by molar-refractivity contribution is 0.409. The van der Waals surface area contributed by atoms with E-state index in [0.29, 0.717) is 6.54 Å². The Morgan fingerprint density at radius 1 is 1.46 bits per heavy atom. The van der Waals surface area contributed by atoms with Crippen LogP contribution in [0.2, 0.25) is 0 Å². The summed E-state index contributed by atoms with van der Waals surface area (Å²) in [5.41, 5.74) is 5.40. The van der Waals surface area contributed by atoms with Gasteiger partial charge in [0, 0.05) is 21.8 Å². The van der Waals surface area contributed by atoms with Gasteiger partial charge in [-0.3, -0.25) is 4.21 Å². The third-order valence-electron chi connectivity index (χ3n) is 1.97. The topological polar surface area (TPSA) is 46.3 Å². The van der Waals surface area contributed by atoms with Gasteiger partial charge in [0.25, 0.3) is 0 Å². The van der Waals surface area contributed by atoms with E-state index in [9.17, 15) is 4.21 Å². The lowest BCUT2D eigenvalue weighted by atomic mass is 10.3. The molecule has 2 unspecified atom stereocenters. The average Bonchev–Trinajstić information content (AvgIpc) is 2.04. The third-order valence-corrected chi connectivity index (χ3v) is 3.80. The van der Waals surface area contributed by atoms with Crippen molar-refractivity contribution < 1.29 is 4.21 Å². The second kappa shape index (κ2) is 7.47. The first-order valence-corrected chi connectivity index (χ1v) is 6.18. The largest absolute Gasteiger partial charge is 0.330 e. The predicted molar refractivity (Wildman–Crippen MR) is 59.3 cm³/mol. The van der Waals surface area contributed by atoms with Crippen LogP contribution < -0.4 is 5.73 Å². The van der Waals surface area contributed by atoms with Crippen LogP contribution in [0.4, 0.5) is 0 Å². The van der Waals surface area contributed by atoms with Gasteiger partial charge in [0.1, 0.15) is 0 Å². The number of hydrogen-bond donors (Lipinski definition) is 1. The maximum absolute atomic E-state index is 11.6. The van der Waals surface area contributed by atoms with E-state index in [1.54, 1.807) is 0 Å². The van der Waals surface area contributed by atoms with Gasteiger partial charge in [-0.05, 0) is 40.0 Å². The summed E-state index contributed by atoms with van der Waals surface area (Å²) in [7, 11) is 3.38. The molecular formula is C9H22N2OS. The normalized spacial score (nSPS) is 16.1. The van der Waals surface area contributed by atoms with Gasteiger partial charge >= 0.3 is 0 Å². The highest BCUT2D eigenvalue weighted by atomic mass is 32.2. The molecule has 0 aliphatic rings. The van der Waals surface area contributed by atoms with E-state index >= 15 is 0 Å². The fourth-order valence-electron chi connectivity index (χ4n) is 1.09. The molecule has 0 radical (unpaired) electrons. The maximum atomic E-state index is 11.6. The molecule has 0 heterocycles. The van der Waals surface area contributed by atoms with Gasteiger partial charge in [-0.2, -0.15) is 0 Å². The van der Waals surface area contributed by atoms with Crippen LogP contribution in [0.3, 0.4) is 0 Å².